The summed E-state index contributed by atoms with van der Waals surface area (Å²) in [5, 5.41) is 5.04. The molecule has 0 bridgehead atoms. The van der Waals surface area contributed by atoms with E-state index < -0.39 is 0 Å². The van der Waals surface area contributed by atoms with E-state index in [4.69, 9.17) is 11.6 Å². The number of nitrogens with zero attached hydrogens (tertiary/aromatic N) is 2. The van der Waals surface area contributed by atoms with Crippen LogP contribution in [0.15, 0.2) is 29.4 Å². The van der Waals surface area contributed by atoms with Crippen LogP contribution in [-0.2, 0) is 0 Å². The lowest BCUT2D eigenvalue weighted by atomic mass is 10.3. The summed E-state index contributed by atoms with van der Waals surface area (Å²) in [4.78, 5) is 11.5. The number of aryl methyl sites for hydroxylation is 1. The highest BCUT2D eigenvalue weighted by Crippen LogP contribution is 2.37. The van der Waals surface area contributed by atoms with Crippen molar-refractivity contribution in [3.05, 3.63) is 45.0 Å². The number of hydrogen-bond acceptors (Lipinski definition) is 5. The zero-order chi connectivity index (χ0) is 13.4. The monoisotopic (exact) mass is 309 g/mol. The third kappa shape index (κ3) is 2.78. The third-order valence-electron chi connectivity index (χ3n) is 2.66. The third-order valence-corrected chi connectivity index (χ3v) is 4.92. The van der Waals surface area contributed by atoms with Crippen molar-refractivity contribution in [1.29, 1.82) is 0 Å². The molecule has 2 aromatic heterocycles. The first-order valence-corrected chi connectivity index (χ1v) is 7.89. The fraction of sp³-hybridized carbons (Fsp3) is 0.231. The van der Waals surface area contributed by atoms with E-state index in [9.17, 15) is 0 Å². The van der Waals surface area contributed by atoms with Gasteiger partial charge in [-0.1, -0.05) is 23.4 Å². The van der Waals surface area contributed by atoms with Crippen LogP contribution in [0.5, 0.6) is 0 Å². The average molecular weight is 310 g/mol. The van der Waals surface area contributed by atoms with E-state index in [1.54, 1.807) is 23.1 Å². The Labute approximate surface area is 125 Å². The highest BCUT2D eigenvalue weighted by molar-refractivity contribution is 8.03. The average Bonchev–Trinajstić information content (AvgIpc) is 2.97. The van der Waals surface area contributed by atoms with Gasteiger partial charge >= 0.3 is 0 Å². The molecular formula is C13H12ClN3S2. The molecule has 0 fully saturated rings. The number of rotatable bonds is 2. The number of aromatic nitrogens is 2. The lowest BCUT2D eigenvalue weighted by molar-refractivity contribution is 0.828. The predicted octanol–water partition coefficient (Wildman–Crippen LogP) is 4.36. The van der Waals surface area contributed by atoms with Gasteiger partial charge in [0.1, 0.15) is 16.1 Å². The van der Waals surface area contributed by atoms with Crippen LogP contribution in [0.3, 0.4) is 0 Å². The molecule has 0 aliphatic carbocycles. The normalized spacial score (nSPS) is 18.3. The quantitative estimate of drug-likeness (QED) is 0.894. The Morgan fingerprint density at radius 3 is 2.79 bits per heavy atom. The second-order valence-corrected chi connectivity index (χ2v) is 7.31. The van der Waals surface area contributed by atoms with Crippen molar-refractivity contribution in [2.24, 2.45) is 0 Å². The van der Waals surface area contributed by atoms with Crippen molar-refractivity contribution in [1.82, 2.24) is 15.3 Å². The van der Waals surface area contributed by atoms with Gasteiger partial charge in [0.15, 0.2) is 0 Å². The van der Waals surface area contributed by atoms with Crippen molar-refractivity contribution in [2.45, 2.75) is 19.2 Å². The van der Waals surface area contributed by atoms with Crippen LogP contribution >= 0.6 is 34.7 Å². The Kier molecular flexibility index (Phi) is 3.52. The molecule has 6 heteroatoms. The van der Waals surface area contributed by atoms with Crippen molar-refractivity contribution in [3.63, 3.8) is 0 Å². The second-order valence-electron chi connectivity index (χ2n) is 4.29. The maximum absolute atomic E-state index is 6.20. The lowest BCUT2D eigenvalue weighted by Crippen LogP contribution is -2.09. The van der Waals surface area contributed by atoms with Gasteiger partial charge in [0, 0.05) is 22.3 Å². The van der Waals surface area contributed by atoms with Gasteiger partial charge in [-0.25, -0.2) is 9.97 Å². The van der Waals surface area contributed by atoms with Gasteiger partial charge in [-0.15, -0.1) is 11.3 Å². The lowest BCUT2D eigenvalue weighted by Gasteiger charge is -2.11. The first-order chi connectivity index (χ1) is 9.11. The number of thioether (sulfide) groups is 1. The fourth-order valence-electron chi connectivity index (χ4n) is 1.83. The summed E-state index contributed by atoms with van der Waals surface area (Å²) in [5.41, 5.74) is 1.78. The summed E-state index contributed by atoms with van der Waals surface area (Å²) < 4.78 is 0. The first-order valence-electron chi connectivity index (χ1n) is 5.81. The Bertz CT molecular complexity index is 651. The molecule has 98 valence electrons. The summed E-state index contributed by atoms with van der Waals surface area (Å²) in [7, 11) is 0. The van der Waals surface area contributed by atoms with Crippen LogP contribution in [0.4, 0.5) is 0 Å². The van der Waals surface area contributed by atoms with Crippen LogP contribution in [0.2, 0.25) is 5.02 Å². The van der Waals surface area contributed by atoms with Gasteiger partial charge in [-0.2, -0.15) is 0 Å². The van der Waals surface area contributed by atoms with Gasteiger partial charge in [0.2, 0.25) is 0 Å². The molecule has 0 radical (unpaired) electrons. The molecule has 1 unspecified atom stereocenters. The largest absolute Gasteiger partial charge is 0.373 e. The molecular weight excluding hydrogens is 298 g/mol. The molecule has 0 amide bonds. The number of allylic oxidation sites excluding steroid dienone is 1. The van der Waals surface area contributed by atoms with E-state index in [0.717, 1.165) is 16.4 Å². The molecule has 2 aromatic rings. The summed E-state index contributed by atoms with van der Waals surface area (Å²) in [6, 6.07) is 3.77. The van der Waals surface area contributed by atoms with Crippen molar-refractivity contribution < 1.29 is 0 Å². The van der Waals surface area contributed by atoms with Gasteiger partial charge in [0.25, 0.3) is 0 Å². The van der Waals surface area contributed by atoms with Crippen molar-refractivity contribution in [2.75, 3.05) is 0 Å². The topological polar surface area (TPSA) is 37.8 Å². The van der Waals surface area contributed by atoms with Crippen LogP contribution in [0.1, 0.15) is 22.9 Å². The molecule has 1 aliphatic heterocycles. The predicted molar refractivity (Wildman–Crippen MR) is 82.3 cm³/mol. The molecule has 0 aromatic carbocycles. The van der Waals surface area contributed by atoms with E-state index in [2.05, 4.69) is 22.2 Å². The minimum Gasteiger partial charge on any atom is -0.373 e. The Morgan fingerprint density at radius 1 is 1.32 bits per heavy atom. The maximum atomic E-state index is 6.20. The van der Waals surface area contributed by atoms with Crippen LogP contribution in [-0.4, -0.2) is 9.97 Å². The van der Waals surface area contributed by atoms with Crippen LogP contribution in [0.25, 0.3) is 10.7 Å². The van der Waals surface area contributed by atoms with E-state index in [1.165, 1.54) is 9.78 Å². The van der Waals surface area contributed by atoms with Gasteiger partial charge in [-0.05, 0) is 30.9 Å². The number of nitrogens with one attached hydrogen (secondary N) is 1. The number of pyridine rings is 1. The zero-order valence-electron chi connectivity index (χ0n) is 10.5. The molecule has 0 saturated carbocycles. The second kappa shape index (κ2) is 5.15. The molecule has 1 N–H and O–H groups in total. The number of halogens is 1. The standard InChI is InChI=1S/C13H12ClN3S2/c1-7-5-15-12(18-7)10-3-9(14)4-11(17-10)13-16-6-8(2)19-13/h3-6,12,15H,1-2H3. The molecule has 1 atom stereocenters. The Morgan fingerprint density at radius 2 is 2.16 bits per heavy atom. The van der Waals surface area contributed by atoms with Crippen molar-refractivity contribution in [3.8, 4) is 10.7 Å². The number of thiazole rings is 1. The maximum Gasteiger partial charge on any atom is 0.142 e. The summed E-state index contributed by atoms with van der Waals surface area (Å²) >= 11 is 9.58. The van der Waals surface area contributed by atoms with Crippen molar-refractivity contribution >= 4 is 34.7 Å². The van der Waals surface area contributed by atoms with Gasteiger partial charge in [0.05, 0.1) is 5.69 Å². The number of hydrogen-bond donors (Lipinski definition) is 1. The first kappa shape index (κ1) is 13.0. The van der Waals surface area contributed by atoms with Crippen LogP contribution < -0.4 is 5.32 Å². The molecule has 3 rings (SSSR count). The fourth-order valence-corrected chi connectivity index (χ4v) is 3.65. The zero-order valence-corrected chi connectivity index (χ0v) is 12.9. The molecule has 1 aliphatic rings. The summed E-state index contributed by atoms with van der Waals surface area (Å²) in [5.74, 6) is 0. The summed E-state index contributed by atoms with van der Waals surface area (Å²) in [6.45, 7) is 4.11. The molecule has 3 heterocycles. The molecule has 19 heavy (non-hydrogen) atoms. The SMILES string of the molecule is CC1=CNC(c2cc(Cl)cc(-c3ncc(C)s3)n2)S1. The van der Waals surface area contributed by atoms with E-state index in [-0.39, 0.29) is 5.37 Å². The highest BCUT2D eigenvalue weighted by Gasteiger charge is 2.19. The summed E-state index contributed by atoms with van der Waals surface area (Å²) in [6.07, 6.45) is 3.86. The molecule has 0 spiro atoms. The van der Waals surface area contributed by atoms with Gasteiger partial charge in [-0.3, -0.25) is 0 Å². The van der Waals surface area contributed by atoms with Crippen LogP contribution in [0, 0.1) is 6.92 Å². The van der Waals surface area contributed by atoms with E-state index >= 15 is 0 Å². The highest BCUT2D eigenvalue weighted by atomic mass is 35.5. The van der Waals surface area contributed by atoms with E-state index in [1.807, 2.05) is 31.5 Å². The van der Waals surface area contributed by atoms with E-state index in [0.29, 0.717) is 5.02 Å². The smallest absolute Gasteiger partial charge is 0.142 e. The Hall–Kier alpha value is -1.04. The minimum atomic E-state index is 0.138. The minimum absolute atomic E-state index is 0.138. The molecule has 0 saturated heterocycles. The van der Waals surface area contributed by atoms with Gasteiger partial charge < -0.3 is 5.32 Å². The molecule has 3 nitrogen and oxygen atoms in total. The Balaban J connectivity index is 1.97.